The van der Waals surface area contributed by atoms with E-state index >= 15 is 0 Å². The van der Waals surface area contributed by atoms with E-state index in [0.29, 0.717) is 32.0 Å². The van der Waals surface area contributed by atoms with Crippen molar-refractivity contribution in [3.63, 3.8) is 0 Å². The van der Waals surface area contributed by atoms with Crippen LogP contribution < -0.4 is 5.32 Å². The average Bonchev–Trinajstić information content (AvgIpc) is 3.39. The molecular formula is C30H37FN6O2. The van der Waals surface area contributed by atoms with Gasteiger partial charge in [0.15, 0.2) is 5.82 Å². The second kappa shape index (κ2) is 12.5. The van der Waals surface area contributed by atoms with E-state index in [2.05, 4.69) is 27.3 Å². The lowest BCUT2D eigenvalue weighted by atomic mass is 9.95. The van der Waals surface area contributed by atoms with Gasteiger partial charge in [-0.1, -0.05) is 42.5 Å². The number of aromatic nitrogens is 3. The largest absolute Gasteiger partial charge is 0.349 e. The van der Waals surface area contributed by atoms with Gasteiger partial charge in [0.25, 0.3) is 0 Å². The lowest BCUT2D eigenvalue weighted by molar-refractivity contribution is -0.137. The maximum Gasteiger partial charge on any atom is 0.220 e. The lowest BCUT2D eigenvalue weighted by Gasteiger charge is -2.38. The summed E-state index contributed by atoms with van der Waals surface area (Å²) in [4.78, 5) is 33.0. The Morgan fingerprint density at radius 3 is 2.46 bits per heavy atom. The highest BCUT2D eigenvalue weighted by Gasteiger charge is 2.31. The van der Waals surface area contributed by atoms with Crippen molar-refractivity contribution < 1.29 is 14.0 Å². The Morgan fingerprint density at radius 1 is 1.05 bits per heavy atom. The number of rotatable bonds is 10. The first kappa shape index (κ1) is 27.0. The number of piperidine rings is 1. The van der Waals surface area contributed by atoms with Crippen molar-refractivity contribution in [2.24, 2.45) is 5.92 Å². The van der Waals surface area contributed by atoms with Crippen LogP contribution in [0.5, 0.6) is 0 Å². The molecule has 206 valence electrons. The van der Waals surface area contributed by atoms with Crippen molar-refractivity contribution >= 4 is 11.8 Å². The molecule has 39 heavy (non-hydrogen) atoms. The molecule has 2 amide bonds. The molecule has 0 bridgehead atoms. The van der Waals surface area contributed by atoms with Crippen LogP contribution in [0.25, 0.3) is 0 Å². The Morgan fingerprint density at radius 2 is 1.77 bits per heavy atom. The molecule has 9 heteroatoms. The number of nitrogens with zero attached hydrogens (tertiary/aromatic N) is 5. The Balaban J connectivity index is 1.09. The molecular weight excluding hydrogens is 495 g/mol. The van der Waals surface area contributed by atoms with Crippen LogP contribution in [0.2, 0.25) is 0 Å². The third-order valence-corrected chi connectivity index (χ3v) is 7.91. The SMILES string of the molecule is CC(=O)N1CC(CC(=O)N[C@@H](CCN2CCC(n3cnc(Cc4ccc(F)cc4)n3)CC2)c2ccccc2)C1. The summed E-state index contributed by atoms with van der Waals surface area (Å²) < 4.78 is 15.2. The van der Waals surface area contributed by atoms with Crippen LogP contribution in [0, 0.1) is 11.7 Å². The summed E-state index contributed by atoms with van der Waals surface area (Å²) >= 11 is 0. The van der Waals surface area contributed by atoms with Crippen molar-refractivity contribution in [1.82, 2.24) is 29.9 Å². The average molecular weight is 533 g/mol. The fourth-order valence-electron chi connectivity index (χ4n) is 5.55. The minimum Gasteiger partial charge on any atom is -0.349 e. The monoisotopic (exact) mass is 532 g/mol. The number of halogens is 1. The summed E-state index contributed by atoms with van der Waals surface area (Å²) in [7, 11) is 0. The van der Waals surface area contributed by atoms with Crippen LogP contribution in [0.15, 0.2) is 60.9 Å². The quantitative estimate of drug-likeness (QED) is 0.430. The van der Waals surface area contributed by atoms with Crippen molar-refractivity contribution in [3.8, 4) is 0 Å². The maximum atomic E-state index is 13.2. The second-order valence-electron chi connectivity index (χ2n) is 10.8. The Bertz CT molecular complexity index is 1230. The van der Waals surface area contributed by atoms with E-state index in [9.17, 15) is 14.0 Å². The first-order valence-electron chi connectivity index (χ1n) is 13.9. The number of nitrogens with one attached hydrogen (secondary N) is 1. The lowest BCUT2D eigenvalue weighted by Crippen LogP contribution is -2.50. The summed E-state index contributed by atoms with van der Waals surface area (Å²) in [5.74, 6) is 0.890. The molecule has 0 radical (unpaired) electrons. The molecule has 2 aliphatic rings. The van der Waals surface area contributed by atoms with E-state index in [1.165, 1.54) is 12.1 Å². The summed E-state index contributed by atoms with van der Waals surface area (Å²) in [6.45, 7) is 5.76. The highest BCUT2D eigenvalue weighted by molar-refractivity contribution is 5.78. The second-order valence-corrected chi connectivity index (χ2v) is 10.8. The van der Waals surface area contributed by atoms with Crippen molar-refractivity contribution in [3.05, 3.63) is 83.7 Å². The predicted molar refractivity (Wildman–Crippen MR) is 146 cm³/mol. The fourth-order valence-corrected chi connectivity index (χ4v) is 5.55. The van der Waals surface area contributed by atoms with Crippen LogP contribution in [0.4, 0.5) is 4.39 Å². The third-order valence-electron chi connectivity index (χ3n) is 7.91. The minimum absolute atomic E-state index is 0.0373. The van der Waals surface area contributed by atoms with Crippen molar-refractivity contribution in [2.45, 2.75) is 51.1 Å². The molecule has 1 aromatic heterocycles. The Kier molecular flexibility index (Phi) is 8.66. The van der Waals surface area contributed by atoms with Gasteiger partial charge in [0.1, 0.15) is 12.1 Å². The highest BCUT2D eigenvalue weighted by atomic mass is 19.1. The molecule has 3 heterocycles. The van der Waals surface area contributed by atoms with Crippen LogP contribution in [-0.4, -0.2) is 69.1 Å². The van der Waals surface area contributed by atoms with E-state index in [1.807, 2.05) is 29.2 Å². The summed E-state index contributed by atoms with van der Waals surface area (Å²) in [5, 5.41) is 7.96. The van der Waals surface area contributed by atoms with Gasteiger partial charge in [0, 0.05) is 58.4 Å². The first-order valence-corrected chi connectivity index (χ1v) is 13.9. The van der Waals surface area contributed by atoms with Crippen LogP contribution in [0.3, 0.4) is 0 Å². The first-order chi connectivity index (χ1) is 18.9. The number of likely N-dealkylation sites (tertiary alicyclic amines) is 2. The molecule has 2 aliphatic heterocycles. The fraction of sp³-hybridized carbons (Fsp3) is 0.467. The summed E-state index contributed by atoms with van der Waals surface area (Å²) in [5.41, 5.74) is 2.12. The molecule has 8 nitrogen and oxygen atoms in total. The zero-order chi connectivity index (χ0) is 27.2. The molecule has 5 rings (SSSR count). The van der Waals surface area contributed by atoms with Gasteiger partial charge in [-0.05, 0) is 42.5 Å². The smallest absolute Gasteiger partial charge is 0.220 e. The van der Waals surface area contributed by atoms with E-state index in [0.717, 1.165) is 55.8 Å². The van der Waals surface area contributed by atoms with Gasteiger partial charge in [0.05, 0.1) is 12.1 Å². The van der Waals surface area contributed by atoms with Crippen LogP contribution in [0.1, 0.15) is 61.6 Å². The summed E-state index contributed by atoms with van der Waals surface area (Å²) in [6, 6.07) is 16.9. The Hall–Kier alpha value is -3.59. The number of hydrogen-bond acceptors (Lipinski definition) is 5. The molecule has 2 aromatic carbocycles. The zero-order valence-electron chi connectivity index (χ0n) is 22.5. The van der Waals surface area contributed by atoms with Gasteiger partial charge < -0.3 is 15.1 Å². The molecule has 2 saturated heterocycles. The topological polar surface area (TPSA) is 83.4 Å². The van der Waals surface area contributed by atoms with E-state index in [1.54, 1.807) is 24.0 Å². The molecule has 0 unspecified atom stereocenters. The van der Waals surface area contributed by atoms with Crippen LogP contribution in [-0.2, 0) is 16.0 Å². The highest BCUT2D eigenvalue weighted by Crippen LogP contribution is 2.25. The van der Waals surface area contributed by atoms with E-state index < -0.39 is 0 Å². The number of benzene rings is 2. The summed E-state index contributed by atoms with van der Waals surface area (Å²) in [6.07, 6.45) is 5.70. The van der Waals surface area contributed by atoms with Crippen molar-refractivity contribution in [2.75, 3.05) is 32.7 Å². The van der Waals surface area contributed by atoms with Crippen molar-refractivity contribution in [1.29, 1.82) is 0 Å². The Labute approximate surface area is 229 Å². The molecule has 0 aliphatic carbocycles. The standard InChI is InChI=1S/C30H37FN6O2/c1-22(38)36-19-24(20-36)18-30(39)33-28(25-5-3-2-4-6-25)13-16-35-14-11-27(12-15-35)37-21-32-29(34-37)17-23-7-9-26(31)10-8-23/h2-10,21,24,27-28H,11-20H2,1H3,(H,33,39)/t28-/m0/s1. The molecule has 3 aromatic rings. The minimum atomic E-state index is -0.239. The predicted octanol–water partition coefficient (Wildman–Crippen LogP) is 3.76. The van der Waals surface area contributed by atoms with Gasteiger partial charge in [-0.2, -0.15) is 5.10 Å². The molecule has 1 N–H and O–H groups in total. The van der Waals surface area contributed by atoms with Gasteiger partial charge in [-0.25, -0.2) is 14.1 Å². The normalized spacial score (nSPS) is 17.5. The molecule has 0 saturated carbocycles. The number of amides is 2. The number of carbonyl (C=O) groups is 2. The number of hydrogen-bond donors (Lipinski definition) is 1. The van der Waals surface area contributed by atoms with E-state index in [4.69, 9.17) is 5.10 Å². The third kappa shape index (κ3) is 7.29. The zero-order valence-corrected chi connectivity index (χ0v) is 22.5. The van der Waals surface area contributed by atoms with Gasteiger partial charge in [-0.3, -0.25) is 9.59 Å². The molecule has 1 atom stereocenters. The van der Waals surface area contributed by atoms with Gasteiger partial charge >= 0.3 is 0 Å². The van der Waals surface area contributed by atoms with E-state index in [-0.39, 0.29) is 29.6 Å². The molecule has 0 spiro atoms. The number of carbonyl (C=O) groups excluding carboxylic acids is 2. The maximum absolute atomic E-state index is 13.2. The molecule has 2 fully saturated rings. The van der Waals surface area contributed by atoms with Crippen LogP contribution >= 0.6 is 0 Å². The van der Waals surface area contributed by atoms with Gasteiger partial charge in [0.2, 0.25) is 11.8 Å². The van der Waals surface area contributed by atoms with Gasteiger partial charge in [-0.15, -0.1) is 0 Å².